The predicted molar refractivity (Wildman–Crippen MR) is 71.2 cm³/mol. The molecule has 8 heteroatoms. The standard InChI is InChI=1S/C13H20N2O6/c1-3-15-7-8(6-10(15)16)12(18)14-9(13(19)20)4-5-11(17)21-2/h8-9H,3-7H2,1-2H3,(H,14,18)(H,19,20)/t8?,9-/m1/s1. The number of esters is 1. The Labute approximate surface area is 122 Å². The first-order valence-electron chi connectivity index (χ1n) is 6.76. The minimum absolute atomic E-state index is 0.0497. The van der Waals surface area contributed by atoms with Crippen molar-refractivity contribution in [1.82, 2.24) is 10.2 Å². The number of carbonyl (C=O) groups excluding carboxylic acids is 3. The van der Waals surface area contributed by atoms with Crippen LogP contribution in [0, 0.1) is 5.92 Å². The molecule has 0 bridgehead atoms. The van der Waals surface area contributed by atoms with Gasteiger partial charge in [-0.15, -0.1) is 0 Å². The first-order valence-corrected chi connectivity index (χ1v) is 6.76. The molecule has 2 amide bonds. The van der Waals surface area contributed by atoms with Gasteiger partial charge in [-0.05, 0) is 13.3 Å². The Morgan fingerprint density at radius 2 is 2.14 bits per heavy atom. The molecule has 0 radical (unpaired) electrons. The molecule has 1 aliphatic rings. The molecule has 1 saturated heterocycles. The maximum Gasteiger partial charge on any atom is 0.326 e. The number of carboxylic acids is 1. The Bertz CT molecular complexity index is 436. The molecule has 21 heavy (non-hydrogen) atoms. The number of carbonyl (C=O) groups is 4. The summed E-state index contributed by atoms with van der Waals surface area (Å²) in [5.74, 6) is -2.89. The van der Waals surface area contributed by atoms with Gasteiger partial charge in [0.15, 0.2) is 0 Å². The van der Waals surface area contributed by atoms with Crippen LogP contribution in [-0.4, -0.2) is 60.0 Å². The molecule has 0 aliphatic carbocycles. The van der Waals surface area contributed by atoms with Gasteiger partial charge in [0, 0.05) is 25.9 Å². The van der Waals surface area contributed by atoms with Gasteiger partial charge in [-0.25, -0.2) is 4.79 Å². The molecular formula is C13H20N2O6. The molecule has 0 aromatic heterocycles. The minimum Gasteiger partial charge on any atom is -0.480 e. The van der Waals surface area contributed by atoms with Gasteiger partial charge in [-0.1, -0.05) is 0 Å². The van der Waals surface area contributed by atoms with E-state index in [-0.39, 0.29) is 25.2 Å². The smallest absolute Gasteiger partial charge is 0.326 e. The van der Waals surface area contributed by atoms with Crippen molar-refractivity contribution in [2.24, 2.45) is 5.92 Å². The summed E-state index contributed by atoms with van der Waals surface area (Å²) >= 11 is 0. The lowest BCUT2D eigenvalue weighted by Crippen LogP contribution is -2.44. The average Bonchev–Trinajstić information content (AvgIpc) is 2.83. The third-order valence-corrected chi connectivity index (χ3v) is 3.45. The molecule has 2 atom stereocenters. The van der Waals surface area contributed by atoms with Gasteiger partial charge in [0.1, 0.15) is 6.04 Å². The summed E-state index contributed by atoms with van der Waals surface area (Å²) in [5.41, 5.74) is 0. The van der Waals surface area contributed by atoms with E-state index in [0.717, 1.165) is 0 Å². The summed E-state index contributed by atoms with van der Waals surface area (Å²) in [6.45, 7) is 2.63. The van der Waals surface area contributed by atoms with Crippen LogP contribution in [0.15, 0.2) is 0 Å². The number of hydrogen-bond acceptors (Lipinski definition) is 5. The number of carboxylic acid groups (broad SMARTS) is 1. The summed E-state index contributed by atoms with van der Waals surface area (Å²) in [7, 11) is 1.21. The highest BCUT2D eigenvalue weighted by Gasteiger charge is 2.35. The monoisotopic (exact) mass is 300 g/mol. The van der Waals surface area contributed by atoms with Crippen LogP contribution in [-0.2, 0) is 23.9 Å². The lowest BCUT2D eigenvalue weighted by atomic mass is 10.1. The van der Waals surface area contributed by atoms with Crippen LogP contribution in [0.2, 0.25) is 0 Å². The highest BCUT2D eigenvalue weighted by molar-refractivity contribution is 5.91. The fourth-order valence-electron chi connectivity index (χ4n) is 2.16. The Hall–Kier alpha value is -2.12. The van der Waals surface area contributed by atoms with Crippen LogP contribution in [0.1, 0.15) is 26.2 Å². The van der Waals surface area contributed by atoms with Crippen molar-refractivity contribution in [3.8, 4) is 0 Å². The first-order chi connectivity index (χ1) is 9.88. The molecule has 0 aromatic carbocycles. The first kappa shape index (κ1) is 16.9. The van der Waals surface area contributed by atoms with Gasteiger partial charge in [0.2, 0.25) is 11.8 Å². The molecule has 1 heterocycles. The average molecular weight is 300 g/mol. The molecule has 118 valence electrons. The van der Waals surface area contributed by atoms with E-state index in [4.69, 9.17) is 5.11 Å². The van der Waals surface area contributed by atoms with Crippen LogP contribution in [0.3, 0.4) is 0 Å². The number of ether oxygens (including phenoxy) is 1. The van der Waals surface area contributed by atoms with Crippen LogP contribution >= 0.6 is 0 Å². The van der Waals surface area contributed by atoms with E-state index in [1.807, 2.05) is 6.92 Å². The third-order valence-electron chi connectivity index (χ3n) is 3.45. The van der Waals surface area contributed by atoms with E-state index in [1.54, 1.807) is 4.90 Å². The molecule has 1 aliphatic heterocycles. The van der Waals surface area contributed by atoms with Gasteiger partial charge < -0.3 is 20.1 Å². The van der Waals surface area contributed by atoms with Crippen LogP contribution in [0.5, 0.6) is 0 Å². The van der Waals surface area contributed by atoms with Crippen molar-refractivity contribution in [3.05, 3.63) is 0 Å². The van der Waals surface area contributed by atoms with Crippen molar-refractivity contribution in [2.45, 2.75) is 32.2 Å². The number of aliphatic carboxylic acids is 1. The van der Waals surface area contributed by atoms with E-state index >= 15 is 0 Å². The topological polar surface area (TPSA) is 113 Å². The van der Waals surface area contributed by atoms with Crippen molar-refractivity contribution in [3.63, 3.8) is 0 Å². The van der Waals surface area contributed by atoms with Gasteiger partial charge in [-0.3, -0.25) is 14.4 Å². The van der Waals surface area contributed by atoms with Crippen LogP contribution in [0.25, 0.3) is 0 Å². The number of amides is 2. The lowest BCUT2D eigenvalue weighted by molar-refractivity contribution is -0.144. The van der Waals surface area contributed by atoms with Crippen molar-refractivity contribution >= 4 is 23.8 Å². The second-order valence-corrected chi connectivity index (χ2v) is 4.85. The number of hydrogen-bond donors (Lipinski definition) is 2. The maximum absolute atomic E-state index is 12.0. The summed E-state index contributed by atoms with van der Waals surface area (Å²) in [6, 6.07) is -1.16. The van der Waals surface area contributed by atoms with Gasteiger partial charge >= 0.3 is 11.9 Å². The van der Waals surface area contributed by atoms with Gasteiger partial charge in [0.25, 0.3) is 0 Å². The highest BCUT2D eigenvalue weighted by atomic mass is 16.5. The summed E-state index contributed by atoms with van der Waals surface area (Å²) < 4.78 is 4.43. The Kier molecular flexibility index (Phi) is 6.13. The molecule has 0 aromatic rings. The quantitative estimate of drug-likeness (QED) is 0.606. The summed E-state index contributed by atoms with van der Waals surface area (Å²) in [5, 5.41) is 11.4. The lowest BCUT2D eigenvalue weighted by Gasteiger charge is -2.17. The second kappa shape index (κ2) is 7.61. The van der Waals surface area contributed by atoms with Crippen molar-refractivity contribution < 1.29 is 29.0 Å². The van der Waals surface area contributed by atoms with Gasteiger partial charge in [-0.2, -0.15) is 0 Å². The van der Waals surface area contributed by atoms with Crippen molar-refractivity contribution in [2.75, 3.05) is 20.2 Å². The molecule has 1 fully saturated rings. The Morgan fingerprint density at radius 3 is 2.62 bits per heavy atom. The zero-order chi connectivity index (χ0) is 16.0. The largest absolute Gasteiger partial charge is 0.480 e. The number of nitrogens with zero attached hydrogens (tertiary/aromatic N) is 1. The number of nitrogens with one attached hydrogen (secondary N) is 1. The zero-order valence-corrected chi connectivity index (χ0v) is 12.1. The van der Waals surface area contributed by atoms with E-state index in [1.165, 1.54) is 7.11 Å². The number of methoxy groups -OCH3 is 1. The van der Waals surface area contributed by atoms with E-state index in [0.29, 0.717) is 13.1 Å². The third kappa shape index (κ3) is 4.73. The van der Waals surface area contributed by atoms with Crippen LogP contribution in [0.4, 0.5) is 0 Å². The molecule has 1 unspecified atom stereocenters. The number of rotatable bonds is 7. The molecule has 8 nitrogen and oxygen atoms in total. The van der Waals surface area contributed by atoms with E-state index in [9.17, 15) is 19.2 Å². The Morgan fingerprint density at radius 1 is 1.48 bits per heavy atom. The summed E-state index contributed by atoms with van der Waals surface area (Å²) in [6.07, 6.45) is -0.0622. The fourth-order valence-corrected chi connectivity index (χ4v) is 2.16. The van der Waals surface area contributed by atoms with E-state index in [2.05, 4.69) is 10.1 Å². The molecule has 0 spiro atoms. The molecular weight excluding hydrogens is 280 g/mol. The Balaban J connectivity index is 2.55. The second-order valence-electron chi connectivity index (χ2n) is 4.85. The minimum atomic E-state index is -1.22. The predicted octanol–water partition coefficient (Wildman–Crippen LogP) is -0.623. The molecule has 2 N–H and O–H groups in total. The SMILES string of the molecule is CCN1CC(C(=O)N[C@H](CCC(=O)OC)C(=O)O)CC1=O. The van der Waals surface area contributed by atoms with Crippen molar-refractivity contribution in [1.29, 1.82) is 0 Å². The summed E-state index contributed by atoms with van der Waals surface area (Å²) in [4.78, 5) is 47.2. The zero-order valence-electron chi connectivity index (χ0n) is 12.1. The van der Waals surface area contributed by atoms with Crippen LogP contribution < -0.4 is 5.32 Å². The molecule has 1 rings (SSSR count). The normalized spacial score (nSPS) is 19.2. The van der Waals surface area contributed by atoms with Gasteiger partial charge in [0.05, 0.1) is 13.0 Å². The number of likely N-dealkylation sites (tertiary alicyclic amines) is 1. The fraction of sp³-hybridized carbons (Fsp3) is 0.692. The van der Waals surface area contributed by atoms with E-state index < -0.39 is 29.8 Å². The maximum atomic E-state index is 12.0. The molecule has 0 saturated carbocycles. The highest BCUT2D eigenvalue weighted by Crippen LogP contribution is 2.17.